The molecule has 0 fully saturated rings. The second-order valence-corrected chi connectivity index (χ2v) is 5.79. The fourth-order valence-electron chi connectivity index (χ4n) is 2.64. The van der Waals surface area contributed by atoms with Gasteiger partial charge in [-0.3, -0.25) is 19.0 Å². The van der Waals surface area contributed by atoms with Gasteiger partial charge in [-0.25, -0.2) is 0 Å². The number of halogens is 1. The maximum atomic E-state index is 12.9. The van der Waals surface area contributed by atoms with E-state index in [9.17, 15) is 14.7 Å². The van der Waals surface area contributed by atoms with Crippen molar-refractivity contribution >= 4 is 23.2 Å². The van der Waals surface area contributed by atoms with Gasteiger partial charge in [0.1, 0.15) is 5.65 Å². The van der Waals surface area contributed by atoms with Gasteiger partial charge in [0.15, 0.2) is 0 Å². The molecule has 0 aliphatic rings. The van der Waals surface area contributed by atoms with E-state index in [0.29, 0.717) is 10.6 Å². The molecule has 0 aliphatic heterocycles. The minimum Gasteiger partial charge on any atom is -0.493 e. The molecule has 128 valence electrons. The van der Waals surface area contributed by atoms with E-state index in [1.54, 1.807) is 24.4 Å². The zero-order valence-electron chi connectivity index (χ0n) is 13.2. The maximum absolute atomic E-state index is 12.9. The summed E-state index contributed by atoms with van der Waals surface area (Å²) in [6, 6.07) is 6.48. The molecule has 0 bridgehead atoms. The molecule has 3 aromatic heterocycles. The van der Waals surface area contributed by atoms with Crippen molar-refractivity contribution in [1.82, 2.24) is 14.4 Å². The molecule has 3 aromatic rings. The normalized spacial score (nSPS) is 12.1. The summed E-state index contributed by atoms with van der Waals surface area (Å²) < 4.78 is 5.95. The van der Waals surface area contributed by atoms with E-state index in [4.69, 9.17) is 16.3 Å². The van der Waals surface area contributed by atoms with Gasteiger partial charge < -0.3 is 9.84 Å². The third kappa shape index (κ3) is 3.32. The number of rotatable bonds is 4. The molecular weight excluding hydrogens is 346 g/mol. The van der Waals surface area contributed by atoms with Gasteiger partial charge in [0.25, 0.3) is 5.56 Å². The molecule has 0 radical (unpaired) electrons. The Labute approximate surface area is 147 Å². The van der Waals surface area contributed by atoms with E-state index in [0.717, 1.165) is 0 Å². The monoisotopic (exact) mass is 359 g/mol. The molecule has 0 saturated heterocycles. The number of ether oxygens (including phenoxy) is 1. The van der Waals surface area contributed by atoms with Crippen LogP contribution in [0.2, 0.25) is 5.02 Å². The predicted octanol–water partition coefficient (Wildman–Crippen LogP) is 2.14. The minimum atomic E-state index is -0.753. The summed E-state index contributed by atoms with van der Waals surface area (Å²) in [5.41, 5.74) is 0.309. The third-order valence-electron chi connectivity index (χ3n) is 3.84. The Morgan fingerprint density at radius 1 is 1.40 bits per heavy atom. The number of hydrogen-bond acceptors (Lipinski definition) is 6. The highest BCUT2D eigenvalue weighted by Gasteiger charge is 2.27. The topological polar surface area (TPSA) is 93.8 Å². The van der Waals surface area contributed by atoms with Crippen molar-refractivity contribution in [2.75, 3.05) is 7.11 Å². The number of methoxy groups -OCH3 is 1. The Hall–Kier alpha value is -2.93. The Bertz CT molecular complexity index is 988. The first kappa shape index (κ1) is 16.9. The number of nitrogens with zero attached hydrogens (tertiary/aromatic N) is 3. The summed E-state index contributed by atoms with van der Waals surface area (Å²) >= 11 is 5.95. The molecule has 1 N–H and O–H groups in total. The second-order valence-electron chi connectivity index (χ2n) is 5.35. The van der Waals surface area contributed by atoms with Crippen molar-refractivity contribution < 1.29 is 14.6 Å². The molecule has 0 amide bonds. The molecule has 3 heterocycles. The highest BCUT2D eigenvalue weighted by molar-refractivity contribution is 6.30. The zero-order chi connectivity index (χ0) is 18.0. The number of carbonyl (C=O) groups excluding carboxylic acids is 1. The zero-order valence-corrected chi connectivity index (χ0v) is 14.0. The van der Waals surface area contributed by atoms with Crippen LogP contribution in [0.4, 0.5) is 0 Å². The fourth-order valence-corrected chi connectivity index (χ4v) is 2.80. The fraction of sp³-hybridized carbons (Fsp3) is 0.176. The van der Waals surface area contributed by atoms with Gasteiger partial charge in [-0.15, -0.1) is 0 Å². The first-order valence-electron chi connectivity index (χ1n) is 7.38. The van der Waals surface area contributed by atoms with Gasteiger partial charge in [0, 0.05) is 24.5 Å². The van der Waals surface area contributed by atoms with E-state index >= 15 is 0 Å². The van der Waals surface area contributed by atoms with Crippen LogP contribution < -0.4 is 5.56 Å². The number of fused-ring (bicyclic) bond motifs is 1. The van der Waals surface area contributed by atoms with E-state index < -0.39 is 23.3 Å². The van der Waals surface area contributed by atoms with Crippen molar-refractivity contribution in [2.45, 2.75) is 12.3 Å². The molecule has 0 saturated carbocycles. The number of aromatic hydroxyl groups is 1. The molecule has 0 aliphatic carbocycles. The Balaban J connectivity index is 2.25. The Kier molecular flexibility index (Phi) is 4.67. The third-order valence-corrected chi connectivity index (χ3v) is 4.06. The predicted molar refractivity (Wildman–Crippen MR) is 90.8 cm³/mol. The SMILES string of the molecule is COC(=O)C[C@H](c1cccnc1)c1c(O)nc2ccc(Cl)cn2c1=O. The Morgan fingerprint density at radius 3 is 2.88 bits per heavy atom. The highest BCUT2D eigenvalue weighted by atomic mass is 35.5. The van der Waals surface area contributed by atoms with Gasteiger partial charge in [-0.1, -0.05) is 17.7 Å². The van der Waals surface area contributed by atoms with Crippen LogP contribution in [0.3, 0.4) is 0 Å². The first-order valence-corrected chi connectivity index (χ1v) is 7.76. The van der Waals surface area contributed by atoms with E-state index in [1.165, 1.54) is 30.0 Å². The average Bonchev–Trinajstić information content (AvgIpc) is 2.62. The van der Waals surface area contributed by atoms with Crippen molar-refractivity contribution in [1.29, 1.82) is 0 Å². The largest absolute Gasteiger partial charge is 0.493 e. The summed E-state index contributed by atoms with van der Waals surface area (Å²) in [6.45, 7) is 0. The summed E-state index contributed by atoms with van der Waals surface area (Å²) in [6.07, 6.45) is 4.37. The molecule has 3 rings (SSSR count). The number of carbonyl (C=O) groups is 1. The summed E-state index contributed by atoms with van der Waals surface area (Å²) in [5.74, 6) is -1.72. The van der Waals surface area contributed by atoms with Crippen LogP contribution in [0.1, 0.15) is 23.5 Å². The lowest BCUT2D eigenvalue weighted by molar-refractivity contribution is -0.140. The van der Waals surface area contributed by atoms with Gasteiger partial charge in [-0.2, -0.15) is 4.98 Å². The quantitative estimate of drug-likeness (QED) is 0.717. The average molecular weight is 360 g/mol. The second kappa shape index (κ2) is 6.90. The van der Waals surface area contributed by atoms with Crippen LogP contribution in [-0.2, 0) is 9.53 Å². The van der Waals surface area contributed by atoms with Gasteiger partial charge in [0.2, 0.25) is 5.88 Å². The van der Waals surface area contributed by atoms with Crippen LogP contribution in [0, 0.1) is 0 Å². The van der Waals surface area contributed by atoms with Crippen molar-refractivity contribution in [3.63, 3.8) is 0 Å². The molecule has 0 aromatic carbocycles. The number of esters is 1. The molecule has 8 heteroatoms. The summed E-state index contributed by atoms with van der Waals surface area (Å²) in [4.78, 5) is 32.8. The molecule has 7 nitrogen and oxygen atoms in total. The molecular formula is C17H14ClN3O4. The van der Waals surface area contributed by atoms with E-state index in [2.05, 4.69) is 9.97 Å². The lowest BCUT2D eigenvalue weighted by Crippen LogP contribution is -2.24. The smallest absolute Gasteiger partial charge is 0.306 e. The first-order chi connectivity index (χ1) is 12.0. The molecule has 0 spiro atoms. The van der Waals surface area contributed by atoms with Crippen LogP contribution in [0.25, 0.3) is 5.65 Å². The minimum absolute atomic E-state index is 0.0156. The standard InChI is InChI=1S/C17H14ClN3O4/c1-25-14(22)7-12(10-3-2-6-19-8-10)15-16(23)20-13-5-4-11(18)9-21(13)17(15)24/h2-6,8-9,12,23H,7H2,1H3/t12-/m1/s1. The van der Waals surface area contributed by atoms with Gasteiger partial charge in [0.05, 0.1) is 24.1 Å². The number of pyridine rings is 2. The lowest BCUT2D eigenvalue weighted by Gasteiger charge is -2.17. The van der Waals surface area contributed by atoms with E-state index in [-0.39, 0.29) is 17.6 Å². The van der Waals surface area contributed by atoms with Crippen LogP contribution >= 0.6 is 11.6 Å². The van der Waals surface area contributed by atoms with Crippen LogP contribution in [-0.4, -0.2) is 32.6 Å². The van der Waals surface area contributed by atoms with Crippen LogP contribution in [0.15, 0.2) is 47.7 Å². The van der Waals surface area contributed by atoms with Crippen molar-refractivity contribution in [3.8, 4) is 5.88 Å². The highest BCUT2D eigenvalue weighted by Crippen LogP contribution is 2.30. The number of hydrogen-bond donors (Lipinski definition) is 1. The maximum Gasteiger partial charge on any atom is 0.306 e. The summed E-state index contributed by atoms with van der Waals surface area (Å²) in [7, 11) is 1.26. The van der Waals surface area contributed by atoms with E-state index in [1.807, 2.05) is 0 Å². The molecule has 1 atom stereocenters. The number of aromatic nitrogens is 3. The Morgan fingerprint density at radius 2 is 2.20 bits per heavy atom. The van der Waals surface area contributed by atoms with Gasteiger partial charge >= 0.3 is 5.97 Å². The summed E-state index contributed by atoms with van der Waals surface area (Å²) in [5, 5.41) is 10.7. The van der Waals surface area contributed by atoms with Crippen molar-refractivity contribution in [3.05, 3.63) is 69.4 Å². The van der Waals surface area contributed by atoms with Crippen molar-refractivity contribution in [2.24, 2.45) is 0 Å². The molecule has 0 unspecified atom stereocenters. The molecule has 25 heavy (non-hydrogen) atoms. The van der Waals surface area contributed by atoms with Crippen LogP contribution in [0.5, 0.6) is 5.88 Å². The lowest BCUT2D eigenvalue weighted by atomic mass is 9.90. The van der Waals surface area contributed by atoms with Gasteiger partial charge in [-0.05, 0) is 23.8 Å².